The van der Waals surface area contributed by atoms with Gasteiger partial charge in [0.1, 0.15) is 11.5 Å². The van der Waals surface area contributed by atoms with Crippen molar-refractivity contribution in [3.05, 3.63) is 36.4 Å². The first-order valence-electron chi connectivity index (χ1n) is 11.4. The molecule has 2 N–H and O–H groups in total. The van der Waals surface area contributed by atoms with Gasteiger partial charge in [-0.1, -0.05) is 13.8 Å². The Kier molecular flexibility index (Phi) is 8.84. The first-order chi connectivity index (χ1) is 14.7. The molecule has 0 spiro atoms. The maximum Gasteiger partial charge on any atom is 0.121 e. The number of nitrogens with one attached hydrogen (secondary N) is 2. The number of benzene rings is 2. The molecule has 2 aromatic carbocycles. The average molecular weight is 412 g/mol. The van der Waals surface area contributed by atoms with Gasteiger partial charge in [0.05, 0.1) is 18.7 Å². The van der Waals surface area contributed by atoms with E-state index in [2.05, 4.69) is 72.5 Å². The summed E-state index contributed by atoms with van der Waals surface area (Å²) in [6, 6.07) is 12.8. The van der Waals surface area contributed by atoms with E-state index in [0.717, 1.165) is 63.7 Å². The lowest BCUT2D eigenvalue weighted by molar-refractivity contribution is 0.308. The molecule has 0 aliphatic carbocycles. The van der Waals surface area contributed by atoms with Crippen LogP contribution in [0.25, 0.3) is 21.8 Å². The summed E-state index contributed by atoms with van der Waals surface area (Å²) >= 11 is 0. The first kappa shape index (κ1) is 22.4. The average Bonchev–Trinajstić information content (AvgIpc) is 3.04. The monoisotopic (exact) mass is 411 g/mol. The van der Waals surface area contributed by atoms with Crippen LogP contribution in [0.4, 0.5) is 0 Å². The highest BCUT2D eigenvalue weighted by Gasteiger charge is 2.10. The zero-order valence-electron chi connectivity index (χ0n) is 18.8. The van der Waals surface area contributed by atoms with Crippen molar-refractivity contribution in [2.45, 2.75) is 39.5 Å². The maximum atomic E-state index is 5.99. The second-order valence-electron chi connectivity index (χ2n) is 7.82. The van der Waals surface area contributed by atoms with Gasteiger partial charge >= 0.3 is 0 Å². The van der Waals surface area contributed by atoms with Gasteiger partial charge in [0.15, 0.2) is 0 Å². The van der Waals surface area contributed by atoms with Crippen molar-refractivity contribution in [2.75, 3.05) is 39.4 Å². The van der Waals surface area contributed by atoms with Gasteiger partial charge in [-0.25, -0.2) is 0 Å². The molecule has 0 aliphatic rings. The Balaban J connectivity index is 1.63. The smallest absolute Gasteiger partial charge is 0.121 e. The van der Waals surface area contributed by atoms with Gasteiger partial charge in [-0.15, -0.1) is 0 Å². The molecule has 0 saturated heterocycles. The van der Waals surface area contributed by atoms with Gasteiger partial charge in [-0.2, -0.15) is 0 Å². The number of rotatable bonds is 14. The molecule has 0 amide bonds. The van der Waals surface area contributed by atoms with Crippen molar-refractivity contribution in [3.63, 3.8) is 0 Å². The molecule has 5 nitrogen and oxygen atoms in total. The third-order valence-corrected chi connectivity index (χ3v) is 5.34. The minimum atomic E-state index is 0.733. The Bertz CT molecular complexity index is 920. The Morgan fingerprint density at radius 3 is 1.93 bits per heavy atom. The van der Waals surface area contributed by atoms with Crippen molar-refractivity contribution >= 4 is 21.8 Å². The summed E-state index contributed by atoms with van der Waals surface area (Å²) in [5.41, 5.74) is 2.40. The first-order valence-corrected chi connectivity index (χ1v) is 11.4. The topological polar surface area (TPSA) is 47.4 Å². The van der Waals surface area contributed by atoms with Crippen LogP contribution in [-0.4, -0.2) is 44.0 Å². The number of hydrogen-bond acceptors (Lipinski definition) is 4. The maximum absolute atomic E-state index is 5.99. The lowest BCUT2D eigenvalue weighted by atomic mass is 10.1. The van der Waals surface area contributed by atoms with Crippen LogP contribution in [-0.2, 0) is 7.05 Å². The quantitative estimate of drug-likeness (QED) is 0.372. The molecule has 0 radical (unpaired) electrons. The largest absolute Gasteiger partial charge is 0.494 e. The molecular formula is C25H37N3O2. The number of ether oxygens (including phenoxy) is 2. The van der Waals surface area contributed by atoms with E-state index in [4.69, 9.17) is 9.47 Å². The minimum Gasteiger partial charge on any atom is -0.494 e. The summed E-state index contributed by atoms with van der Waals surface area (Å²) in [5, 5.41) is 9.28. The van der Waals surface area contributed by atoms with Gasteiger partial charge < -0.3 is 24.7 Å². The van der Waals surface area contributed by atoms with Gasteiger partial charge in [0.2, 0.25) is 0 Å². The van der Waals surface area contributed by atoms with Crippen LogP contribution < -0.4 is 20.1 Å². The molecule has 0 unspecified atom stereocenters. The van der Waals surface area contributed by atoms with Crippen molar-refractivity contribution < 1.29 is 9.47 Å². The zero-order chi connectivity index (χ0) is 21.2. The van der Waals surface area contributed by atoms with Gasteiger partial charge in [-0.3, -0.25) is 0 Å². The fourth-order valence-electron chi connectivity index (χ4n) is 3.73. The van der Waals surface area contributed by atoms with Crippen LogP contribution in [0.1, 0.15) is 39.5 Å². The van der Waals surface area contributed by atoms with Crippen LogP contribution in [0.15, 0.2) is 36.4 Å². The van der Waals surface area contributed by atoms with E-state index in [1.807, 2.05) is 0 Å². The van der Waals surface area contributed by atoms with Crippen LogP contribution >= 0.6 is 0 Å². The van der Waals surface area contributed by atoms with Crippen LogP contribution in [0, 0.1) is 0 Å². The molecule has 0 aliphatic heterocycles. The van der Waals surface area contributed by atoms with Gasteiger partial charge in [0, 0.05) is 29.4 Å². The normalized spacial score (nSPS) is 11.4. The molecular weight excluding hydrogens is 374 g/mol. The Labute approximate surface area is 180 Å². The molecule has 0 saturated carbocycles. The van der Waals surface area contributed by atoms with E-state index in [9.17, 15) is 0 Å². The molecule has 0 bridgehead atoms. The molecule has 5 heteroatoms. The van der Waals surface area contributed by atoms with Crippen LogP contribution in [0.5, 0.6) is 11.5 Å². The Morgan fingerprint density at radius 2 is 1.30 bits per heavy atom. The summed E-state index contributed by atoms with van der Waals surface area (Å²) in [5.74, 6) is 1.87. The second-order valence-corrected chi connectivity index (χ2v) is 7.82. The van der Waals surface area contributed by atoms with Gasteiger partial charge in [-0.05, 0) is 82.2 Å². The molecule has 1 heterocycles. The summed E-state index contributed by atoms with van der Waals surface area (Å²) in [7, 11) is 2.11. The van der Waals surface area contributed by atoms with E-state index in [1.165, 1.54) is 34.6 Å². The summed E-state index contributed by atoms with van der Waals surface area (Å²) < 4.78 is 14.2. The van der Waals surface area contributed by atoms with E-state index >= 15 is 0 Å². The number of fused-ring (bicyclic) bond motifs is 3. The molecule has 164 valence electrons. The highest BCUT2D eigenvalue weighted by molar-refractivity contribution is 6.08. The van der Waals surface area contributed by atoms with E-state index in [1.54, 1.807) is 0 Å². The molecule has 3 rings (SSSR count). The number of hydrogen-bond donors (Lipinski definition) is 2. The molecule has 3 aromatic rings. The number of aromatic nitrogens is 1. The predicted molar refractivity (Wildman–Crippen MR) is 127 cm³/mol. The Morgan fingerprint density at radius 1 is 0.700 bits per heavy atom. The highest BCUT2D eigenvalue weighted by Crippen LogP contribution is 2.33. The van der Waals surface area contributed by atoms with Crippen molar-refractivity contribution in [1.82, 2.24) is 15.2 Å². The SMILES string of the molecule is CCCNCCCOc1ccc2c(c1)c1ccc(OCCCNCCC)cc1n2C. The lowest BCUT2D eigenvalue weighted by Gasteiger charge is -2.07. The summed E-state index contributed by atoms with van der Waals surface area (Å²) in [6.07, 6.45) is 4.37. The van der Waals surface area contributed by atoms with Gasteiger partial charge in [0.25, 0.3) is 0 Å². The van der Waals surface area contributed by atoms with E-state index in [-0.39, 0.29) is 0 Å². The molecule has 0 atom stereocenters. The number of aryl methyl sites for hydroxylation is 1. The predicted octanol–water partition coefficient (Wildman–Crippen LogP) is 4.87. The van der Waals surface area contributed by atoms with E-state index in [0.29, 0.717) is 0 Å². The zero-order valence-corrected chi connectivity index (χ0v) is 18.8. The van der Waals surface area contributed by atoms with Crippen LogP contribution in [0.2, 0.25) is 0 Å². The third kappa shape index (κ3) is 5.89. The molecule has 30 heavy (non-hydrogen) atoms. The minimum absolute atomic E-state index is 0.733. The molecule has 0 fully saturated rings. The summed E-state index contributed by atoms with van der Waals surface area (Å²) in [4.78, 5) is 0. The van der Waals surface area contributed by atoms with Crippen LogP contribution in [0.3, 0.4) is 0 Å². The highest BCUT2D eigenvalue weighted by atomic mass is 16.5. The fourth-order valence-corrected chi connectivity index (χ4v) is 3.73. The van der Waals surface area contributed by atoms with Crippen molar-refractivity contribution in [3.8, 4) is 11.5 Å². The lowest BCUT2D eigenvalue weighted by Crippen LogP contribution is -2.18. The second kappa shape index (κ2) is 11.8. The summed E-state index contributed by atoms with van der Waals surface area (Å²) in [6.45, 7) is 9.99. The number of nitrogens with zero attached hydrogens (tertiary/aromatic N) is 1. The Hall–Kier alpha value is -2.24. The van der Waals surface area contributed by atoms with Crippen molar-refractivity contribution in [1.29, 1.82) is 0 Å². The fraction of sp³-hybridized carbons (Fsp3) is 0.520. The van der Waals surface area contributed by atoms with Crippen molar-refractivity contribution in [2.24, 2.45) is 7.05 Å². The molecule has 1 aromatic heterocycles. The van der Waals surface area contributed by atoms with E-state index < -0.39 is 0 Å². The third-order valence-electron chi connectivity index (χ3n) is 5.34. The standard InChI is InChI=1S/C25H37N3O2/c1-4-12-26-14-6-16-29-20-9-11-24-23(18-20)22-10-8-21(19-25(22)28(24)3)30-17-7-15-27-13-5-2/h8-11,18-19,26-27H,4-7,12-17H2,1-3H3.